The van der Waals surface area contributed by atoms with Gasteiger partial charge in [0.05, 0.1) is 17.0 Å². The maximum absolute atomic E-state index is 13.5. The van der Waals surface area contributed by atoms with Gasteiger partial charge in [-0.25, -0.2) is 4.39 Å². The van der Waals surface area contributed by atoms with E-state index in [9.17, 15) is 35.5 Å². The molecule has 1 fully saturated rings. The molecule has 0 spiro atoms. The van der Waals surface area contributed by atoms with E-state index in [1.165, 1.54) is 29.8 Å². The molecular weight excluding hydrogens is 525 g/mol. The number of alkyl halides is 6. The summed E-state index contributed by atoms with van der Waals surface area (Å²) >= 11 is 0. The molecule has 1 N–H and O–H groups in total. The Morgan fingerprint density at radius 1 is 0.897 bits per heavy atom. The molecule has 0 aliphatic carbocycles. The van der Waals surface area contributed by atoms with Crippen molar-refractivity contribution in [1.29, 1.82) is 0 Å². The maximum atomic E-state index is 13.5. The van der Waals surface area contributed by atoms with E-state index >= 15 is 0 Å². The lowest BCUT2D eigenvalue weighted by Crippen LogP contribution is -2.32. The SMILES string of the molecule is O=C(NCc1cc(C(F)(F)F)cc(C(F)(F)F)c1)[C@@H](CCN1CCC(c2ccccc2)C1)c1ccc(F)cc1. The molecule has 10 heteroatoms. The van der Waals surface area contributed by atoms with Crippen LogP contribution in [0.15, 0.2) is 72.8 Å². The molecule has 1 unspecified atom stereocenters. The third kappa shape index (κ3) is 7.59. The van der Waals surface area contributed by atoms with Crippen LogP contribution in [0.1, 0.15) is 52.5 Å². The Morgan fingerprint density at radius 2 is 1.51 bits per heavy atom. The first-order valence-electron chi connectivity index (χ1n) is 12.5. The number of benzene rings is 3. The van der Waals surface area contributed by atoms with Crippen molar-refractivity contribution in [3.8, 4) is 0 Å². The van der Waals surface area contributed by atoms with Crippen LogP contribution in [0.5, 0.6) is 0 Å². The molecule has 3 nitrogen and oxygen atoms in total. The predicted octanol–water partition coefficient (Wildman–Crippen LogP) is 7.14. The summed E-state index contributed by atoms with van der Waals surface area (Å²) in [6.07, 6.45) is -8.67. The van der Waals surface area contributed by atoms with Crippen LogP contribution in [0.3, 0.4) is 0 Å². The van der Waals surface area contributed by atoms with Gasteiger partial charge in [0.25, 0.3) is 0 Å². The van der Waals surface area contributed by atoms with E-state index < -0.39 is 47.7 Å². The Hall–Kier alpha value is -3.40. The highest BCUT2D eigenvalue weighted by Gasteiger charge is 2.37. The van der Waals surface area contributed by atoms with Crippen LogP contribution in [0.4, 0.5) is 30.7 Å². The molecule has 0 bridgehead atoms. The number of nitrogens with zero attached hydrogens (tertiary/aromatic N) is 1. The molecule has 0 radical (unpaired) electrons. The van der Waals surface area contributed by atoms with Crippen molar-refractivity contribution >= 4 is 5.91 Å². The van der Waals surface area contributed by atoms with E-state index in [-0.39, 0.29) is 11.6 Å². The van der Waals surface area contributed by atoms with Gasteiger partial charge in [-0.05, 0) is 78.9 Å². The minimum Gasteiger partial charge on any atom is -0.351 e. The molecule has 3 aromatic rings. The number of rotatable bonds is 8. The van der Waals surface area contributed by atoms with Gasteiger partial charge in [-0.3, -0.25) is 4.79 Å². The molecular formula is C29H27F7N2O. The summed E-state index contributed by atoms with van der Waals surface area (Å²) in [7, 11) is 0. The highest BCUT2D eigenvalue weighted by molar-refractivity contribution is 5.83. The average molecular weight is 553 g/mol. The van der Waals surface area contributed by atoms with E-state index in [2.05, 4.69) is 22.3 Å². The first-order valence-corrected chi connectivity index (χ1v) is 12.5. The lowest BCUT2D eigenvalue weighted by molar-refractivity contribution is -0.143. The Kier molecular flexibility index (Phi) is 8.64. The molecule has 0 aromatic heterocycles. The summed E-state index contributed by atoms with van der Waals surface area (Å²) in [6.45, 7) is 1.64. The van der Waals surface area contributed by atoms with Crippen molar-refractivity contribution in [3.05, 3.63) is 106 Å². The highest BCUT2D eigenvalue weighted by atomic mass is 19.4. The zero-order valence-electron chi connectivity index (χ0n) is 20.8. The molecule has 2 atom stereocenters. The smallest absolute Gasteiger partial charge is 0.351 e. The second-order valence-corrected chi connectivity index (χ2v) is 9.72. The normalized spacial score (nSPS) is 17.3. The fourth-order valence-electron chi connectivity index (χ4n) is 4.92. The second kappa shape index (κ2) is 11.8. The molecule has 208 valence electrons. The number of likely N-dealkylation sites (tertiary alicyclic amines) is 1. The zero-order chi connectivity index (χ0) is 28.2. The minimum atomic E-state index is -4.98. The third-order valence-electron chi connectivity index (χ3n) is 6.98. The van der Waals surface area contributed by atoms with Crippen LogP contribution < -0.4 is 5.32 Å². The fraction of sp³-hybridized carbons (Fsp3) is 0.345. The fourth-order valence-corrected chi connectivity index (χ4v) is 4.92. The third-order valence-corrected chi connectivity index (χ3v) is 6.98. The molecule has 0 saturated carbocycles. The molecule has 3 aromatic carbocycles. The van der Waals surface area contributed by atoms with Gasteiger partial charge in [0.1, 0.15) is 5.82 Å². The Morgan fingerprint density at radius 3 is 2.10 bits per heavy atom. The molecule has 1 aliphatic rings. The molecule has 1 aliphatic heterocycles. The summed E-state index contributed by atoms with van der Waals surface area (Å²) in [5.41, 5.74) is -1.48. The number of nitrogens with one attached hydrogen (secondary N) is 1. The quantitative estimate of drug-likeness (QED) is 0.301. The van der Waals surface area contributed by atoms with Gasteiger partial charge in [-0.15, -0.1) is 0 Å². The van der Waals surface area contributed by atoms with Crippen LogP contribution in [0.2, 0.25) is 0 Å². The number of halogens is 7. The van der Waals surface area contributed by atoms with Gasteiger partial charge in [-0.1, -0.05) is 42.5 Å². The van der Waals surface area contributed by atoms with E-state index in [4.69, 9.17) is 0 Å². The summed E-state index contributed by atoms with van der Waals surface area (Å²) < 4.78 is 92.8. The van der Waals surface area contributed by atoms with Crippen molar-refractivity contribution in [2.75, 3.05) is 19.6 Å². The largest absolute Gasteiger partial charge is 0.416 e. The van der Waals surface area contributed by atoms with Gasteiger partial charge < -0.3 is 10.2 Å². The maximum Gasteiger partial charge on any atom is 0.416 e. The minimum absolute atomic E-state index is 0.0470. The number of carbonyl (C=O) groups excluding carboxylic acids is 1. The highest BCUT2D eigenvalue weighted by Crippen LogP contribution is 2.36. The topological polar surface area (TPSA) is 32.3 Å². The Balaban J connectivity index is 1.47. The van der Waals surface area contributed by atoms with Gasteiger partial charge in [-0.2, -0.15) is 26.3 Å². The lowest BCUT2D eigenvalue weighted by Gasteiger charge is -2.22. The molecule has 1 saturated heterocycles. The van der Waals surface area contributed by atoms with E-state index in [0.717, 1.165) is 19.5 Å². The van der Waals surface area contributed by atoms with Crippen LogP contribution in [0.25, 0.3) is 0 Å². The van der Waals surface area contributed by atoms with Crippen molar-refractivity contribution in [2.45, 2.75) is 43.6 Å². The molecule has 39 heavy (non-hydrogen) atoms. The molecule has 4 rings (SSSR count). The molecule has 1 heterocycles. The Labute approximate surface area is 221 Å². The van der Waals surface area contributed by atoms with Gasteiger partial charge in [0.15, 0.2) is 0 Å². The average Bonchev–Trinajstić information content (AvgIpc) is 3.37. The Bertz CT molecular complexity index is 1230. The second-order valence-electron chi connectivity index (χ2n) is 9.72. The van der Waals surface area contributed by atoms with Gasteiger partial charge in [0.2, 0.25) is 5.91 Å². The van der Waals surface area contributed by atoms with Crippen LogP contribution in [0, 0.1) is 5.82 Å². The van der Waals surface area contributed by atoms with Crippen molar-refractivity contribution in [2.24, 2.45) is 0 Å². The van der Waals surface area contributed by atoms with Crippen molar-refractivity contribution < 1.29 is 35.5 Å². The van der Waals surface area contributed by atoms with Crippen molar-refractivity contribution in [1.82, 2.24) is 10.2 Å². The lowest BCUT2D eigenvalue weighted by atomic mass is 9.94. The summed E-state index contributed by atoms with van der Waals surface area (Å²) in [4.78, 5) is 15.4. The summed E-state index contributed by atoms with van der Waals surface area (Å²) in [6, 6.07) is 16.6. The first-order chi connectivity index (χ1) is 18.4. The van der Waals surface area contributed by atoms with Gasteiger partial charge in [0, 0.05) is 13.1 Å². The summed E-state index contributed by atoms with van der Waals surface area (Å²) in [5, 5.41) is 2.49. The number of hydrogen-bond acceptors (Lipinski definition) is 2. The first kappa shape index (κ1) is 28.6. The van der Waals surface area contributed by atoms with Gasteiger partial charge >= 0.3 is 12.4 Å². The van der Waals surface area contributed by atoms with Crippen LogP contribution in [-0.2, 0) is 23.7 Å². The van der Waals surface area contributed by atoms with Crippen LogP contribution >= 0.6 is 0 Å². The van der Waals surface area contributed by atoms with E-state index in [1.54, 1.807) is 0 Å². The number of hydrogen-bond donors (Lipinski definition) is 1. The summed E-state index contributed by atoms with van der Waals surface area (Å²) in [5.74, 6) is -1.47. The number of carbonyl (C=O) groups is 1. The monoisotopic (exact) mass is 552 g/mol. The van der Waals surface area contributed by atoms with E-state index in [1.807, 2.05) is 18.2 Å². The predicted molar refractivity (Wildman–Crippen MR) is 132 cm³/mol. The van der Waals surface area contributed by atoms with Crippen molar-refractivity contribution in [3.63, 3.8) is 0 Å². The standard InChI is InChI=1S/C29H27F7N2O/c30-25-8-6-21(7-9-25)26(11-13-38-12-10-22(18-38)20-4-2-1-3-5-20)27(39)37-17-19-14-23(28(31,32)33)16-24(15-19)29(34,35)36/h1-9,14-16,22,26H,10-13,17-18H2,(H,37,39)/t22?,26-/m0/s1. The number of amides is 1. The zero-order valence-corrected chi connectivity index (χ0v) is 20.8. The van der Waals surface area contributed by atoms with Crippen LogP contribution in [-0.4, -0.2) is 30.4 Å². The van der Waals surface area contributed by atoms with E-state index in [0.29, 0.717) is 36.6 Å². The molecule has 1 amide bonds.